The third-order valence-electron chi connectivity index (χ3n) is 7.18. The van der Waals surface area contributed by atoms with E-state index in [9.17, 15) is 4.79 Å². The van der Waals surface area contributed by atoms with E-state index >= 15 is 0 Å². The van der Waals surface area contributed by atoms with E-state index in [0.29, 0.717) is 41.7 Å². The first-order chi connectivity index (χ1) is 18.4. The van der Waals surface area contributed by atoms with E-state index in [1.54, 1.807) is 10.7 Å². The first-order valence-corrected chi connectivity index (χ1v) is 13.3. The van der Waals surface area contributed by atoms with Gasteiger partial charge in [-0.2, -0.15) is 0 Å². The van der Waals surface area contributed by atoms with Crippen molar-refractivity contribution in [3.05, 3.63) is 34.7 Å². The highest BCUT2D eigenvalue weighted by molar-refractivity contribution is 6.29. The molecular weight excluding hydrogens is 510 g/mol. The molecule has 3 aromatic rings. The third-order valence-corrected chi connectivity index (χ3v) is 7.36. The maximum absolute atomic E-state index is 12.0. The molecule has 0 radical (unpaired) electrons. The highest BCUT2D eigenvalue weighted by Gasteiger charge is 2.29. The minimum atomic E-state index is -0.168. The quantitative estimate of drug-likeness (QED) is 0.392. The van der Waals surface area contributed by atoms with Crippen LogP contribution in [0, 0.1) is 12.8 Å². The molecule has 0 aliphatic heterocycles. The number of nitrogens with one attached hydrogen (secondary N) is 1. The number of hydrogen-bond donors (Lipinski definition) is 1. The lowest BCUT2D eigenvalue weighted by molar-refractivity contribution is -0.147. The molecule has 0 saturated heterocycles. The average molecular weight is 542 g/mol. The Hall–Kier alpha value is -3.47. The van der Waals surface area contributed by atoms with Gasteiger partial charge in [0.15, 0.2) is 16.7 Å². The first kappa shape index (κ1) is 26.1. The van der Waals surface area contributed by atoms with Crippen molar-refractivity contribution >= 4 is 23.4 Å². The molecule has 0 bridgehead atoms. The average Bonchev–Trinajstić information content (AvgIpc) is 3.26. The predicted octanol–water partition coefficient (Wildman–Crippen LogP) is 4.28. The Morgan fingerprint density at radius 3 is 2.58 bits per heavy atom. The summed E-state index contributed by atoms with van der Waals surface area (Å²) in [7, 11) is 3.26. The largest absolute Gasteiger partial charge is 0.489 e. The fraction of sp³-hybridized carbons (Fsp3) is 0.538. The third kappa shape index (κ3) is 5.82. The molecule has 12 heteroatoms. The number of nitrogens with zero attached hydrogens (tertiary/aromatic N) is 6. The zero-order valence-electron chi connectivity index (χ0n) is 21.8. The van der Waals surface area contributed by atoms with Gasteiger partial charge in [0.05, 0.1) is 48.9 Å². The van der Waals surface area contributed by atoms with Crippen molar-refractivity contribution < 1.29 is 19.0 Å². The number of hydrogen-bond acceptors (Lipinski definition) is 10. The summed E-state index contributed by atoms with van der Waals surface area (Å²) < 4.78 is 18.9. The minimum absolute atomic E-state index is 0.0488. The van der Waals surface area contributed by atoms with Gasteiger partial charge in [0.2, 0.25) is 0 Å². The lowest BCUT2D eigenvalue weighted by Crippen LogP contribution is -2.30. The van der Waals surface area contributed by atoms with Crippen molar-refractivity contribution in [1.82, 2.24) is 30.2 Å². The molecule has 0 amide bonds. The normalized spacial score (nSPS) is 19.5. The Labute approximate surface area is 226 Å². The summed E-state index contributed by atoms with van der Waals surface area (Å²) in [5.74, 6) is 1.50. The smallest absolute Gasteiger partial charge is 0.308 e. The Bertz CT molecular complexity index is 1300. The van der Waals surface area contributed by atoms with Crippen molar-refractivity contribution in [1.29, 1.82) is 0 Å². The molecule has 0 aromatic carbocycles. The lowest BCUT2D eigenvalue weighted by atomic mass is 9.87. The number of anilines is 1. The molecular formula is C26H32ClN7O4. The second-order valence-corrected chi connectivity index (χ2v) is 10.2. The van der Waals surface area contributed by atoms with E-state index in [0.717, 1.165) is 49.9 Å². The molecule has 1 N–H and O–H groups in total. The number of rotatable bonds is 9. The van der Waals surface area contributed by atoms with Crippen LogP contribution in [0.1, 0.15) is 56.3 Å². The van der Waals surface area contributed by atoms with Crippen LogP contribution in [0.25, 0.3) is 11.4 Å². The molecule has 38 heavy (non-hydrogen) atoms. The standard InChI is InChI=1S/C26H32ClN7O4/c1-15-21(38-18-9-4-6-16(12-18)26(35)36-3)11-10-19(29-15)24-20(34(2)33-31-24)14-28-25-22(13-23(27)30-32-25)37-17-7-5-8-17/h10-11,13,16-18H,4-9,12,14H2,1-3H3,(H,28,32)/t16-,18-/m0/s1. The second-order valence-electron chi connectivity index (χ2n) is 9.82. The number of carbonyl (C=O) groups excluding carboxylic acids is 1. The predicted molar refractivity (Wildman–Crippen MR) is 140 cm³/mol. The van der Waals surface area contributed by atoms with Gasteiger partial charge in [-0.25, -0.2) is 9.67 Å². The van der Waals surface area contributed by atoms with Crippen LogP contribution in [-0.4, -0.2) is 55.5 Å². The number of pyridine rings is 1. The number of esters is 1. The van der Waals surface area contributed by atoms with Crippen LogP contribution in [0.15, 0.2) is 18.2 Å². The second kappa shape index (κ2) is 11.5. The summed E-state index contributed by atoms with van der Waals surface area (Å²) in [6, 6.07) is 5.46. The number of ether oxygens (including phenoxy) is 3. The molecule has 2 aliphatic rings. The van der Waals surface area contributed by atoms with E-state index in [-0.39, 0.29) is 29.2 Å². The zero-order valence-corrected chi connectivity index (χ0v) is 22.6. The van der Waals surface area contributed by atoms with Crippen LogP contribution < -0.4 is 14.8 Å². The van der Waals surface area contributed by atoms with E-state index in [1.165, 1.54) is 7.11 Å². The van der Waals surface area contributed by atoms with Gasteiger partial charge in [-0.05, 0) is 64.0 Å². The fourth-order valence-electron chi connectivity index (χ4n) is 4.79. The molecule has 5 rings (SSSR count). The van der Waals surface area contributed by atoms with Crippen LogP contribution in [0.2, 0.25) is 5.15 Å². The van der Waals surface area contributed by atoms with Crippen LogP contribution >= 0.6 is 11.6 Å². The van der Waals surface area contributed by atoms with Crippen molar-refractivity contribution in [3.63, 3.8) is 0 Å². The molecule has 11 nitrogen and oxygen atoms in total. The highest BCUT2D eigenvalue weighted by atomic mass is 35.5. The highest BCUT2D eigenvalue weighted by Crippen LogP contribution is 2.33. The van der Waals surface area contributed by atoms with Crippen LogP contribution in [-0.2, 0) is 23.1 Å². The van der Waals surface area contributed by atoms with E-state index in [1.807, 2.05) is 26.1 Å². The van der Waals surface area contributed by atoms with Crippen LogP contribution in [0.4, 0.5) is 5.82 Å². The number of aromatic nitrogens is 6. The van der Waals surface area contributed by atoms with Gasteiger partial charge in [0, 0.05) is 13.1 Å². The molecule has 2 atom stereocenters. The van der Waals surface area contributed by atoms with Crippen LogP contribution in [0.5, 0.6) is 11.5 Å². The van der Waals surface area contributed by atoms with Crippen molar-refractivity contribution in [2.75, 3.05) is 12.4 Å². The SMILES string of the molecule is COC(=O)[C@H]1CCC[C@H](Oc2ccc(-c3nnn(C)c3CNc3nnc(Cl)cc3OC3CCC3)nc2C)C1. The van der Waals surface area contributed by atoms with Crippen molar-refractivity contribution in [3.8, 4) is 22.9 Å². The minimum Gasteiger partial charge on any atom is -0.489 e. The fourth-order valence-corrected chi connectivity index (χ4v) is 4.93. The van der Waals surface area contributed by atoms with E-state index in [4.69, 9.17) is 30.8 Å². The Morgan fingerprint density at radius 2 is 1.84 bits per heavy atom. The molecule has 2 fully saturated rings. The molecule has 0 unspecified atom stereocenters. The Balaban J connectivity index is 1.29. The molecule has 0 spiro atoms. The molecule has 2 aliphatic carbocycles. The monoisotopic (exact) mass is 541 g/mol. The summed E-state index contributed by atoms with van der Waals surface area (Å²) in [5, 5.41) is 20.3. The topological polar surface area (TPSA) is 126 Å². The van der Waals surface area contributed by atoms with Crippen LogP contribution in [0.3, 0.4) is 0 Å². The Kier molecular flexibility index (Phi) is 7.92. The Morgan fingerprint density at radius 1 is 1.08 bits per heavy atom. The number of carbonyl (C=O) groups is 1. The molecule has 3 heterocycles. The van der Waals surface area contributed by atoms with Gasteiger partial charge in [-0.1, -0.05) is 16.8 Å². The lowest BCUT2D eigenvalue weighted by Gasteiger charge is -2.28. The maximum Gasteiger partial charge on any atom is 0.308 e. The summed E-state index contributed by atoms with van der Waals surface area (Å²) in [6.45, 7) is 2.28. The number of methoxy groups -OCH3 is 1. The summed E-state index contributed by atoms with van der Waals surface area (Å²) in [5.41, 5.74) is 2.91. The van der Waals surface area contributed by atoms with Gasteiger partial charge in [-0.15, -0.1) is 15.3 Å². The van der Waals surface area contributed by atoms with Gasteiger partial charge in [0.25, 0.3) is 0 Å². The van der Waals surface area contributed by atoms with Gasteiger partial charge >= 0.3 is 5.97 Å². The van der Waals surface area contributed by atoms with Gasteiger partial charge < -0.3 is 19.5 Å². The molecule has 2 saturated carbocycles. The number of aryl methyl sites for hydroxylation is 2. The zero-order chi connectivity index (χ0) is 26.6. The number of halogens is 1. The molecule has 202 valence electrons. The summed E-state index contributed by atoms with van der Waals surface area (Å²) in [4.78, 5) is 16.7. The first-order valence-electron chi connectivity index (χ1n) is 13.0. The van der Waals surface area contributed by atoms with E-state index in [2.05, 4.69) is 25.8 Å². The van der Waals surface area contributed by atoms with Crippen molar-refractivity contribution in [2.24, 2.45) is 13.0 Å². The van der Waals surface area contributed by atoms with Gasteiger partial charge in [0.1, 0.15) is 11.4 Å². The summed E-state index contributed by atoms with van der Waals surface area (Å²) in [6.07, 6.45) is 6.64. The molecule has 3 aromatic heterocycles. The van der Waals surface area contributed by atoms with Gasteiger partial charge in [-0.3, -0.25) is 4.79 Å². The summed E-state index contributed by atoms with van der Waals surface area (Å²) >= 11 is 6.06. The van der Waals surface area contributed by atoms with Crippen molar-refractivity contribution in [2.45, 2.75) is 70.6 Å². The van der Waals surface area contributed by atoms with E-state index < -0.39 is 0 Å². The maximum atomic E-state index is 12.0.